The molecule has 2 heterocycles. The van der Waals surface area contributed by atoms with Gasteiger partial charge in [-0.1, -0.05) is 0 Å². The molecule has 2 aliphatic rings. The Hall–Kier alpha value is -0.260. The van der Waals surface area contributed by atoms with E-state index in [1.165, 1.54) is 25.9 Å². The van der Waals surface area contributed by atoms with E-state index in [-0.39, 0.29) is 18.4 Å². The predicted octanol–water partition coefficient (Wildman–Crippen LogP) is 0.902. The lowest BCUT2D eigenvalue weighted by Gasteiger charge is -2.38. The van der Waals surface area contributed by atoms with Gasteiger partial charge in [-0.2, -0.15) is 11.8 Å². The summed E-state index contributed by atoms with van der Waals surface area (Å²) in [6, 6.07) is 0. The van der Waals surface area contributed by atoms with Crippen LogP contribution in [0.2, 0.25) is 0 Å². The lowest BCUT2D eigenvalue weighted by atomic mass is 9.89. The van der Waals surface area contributed by atoms with Gasteiger partial charge in [-0.15, -0.1) is 0 Å². The van der Waals surface area contributed by atoms with Crippen molar-refractivity contribution in [2.24, 2.45) is 11.8 Å². The van der Waals surface area contributed by atoms with E-state index in [0.29, 0.717) is 11.7 Å². The first-order chi connectivity index (χ1) is 9.22. The van der Waals surface area contributed by atoms with Crippen LogP contribution in [0.25, 0.3) is 0 Å². The average molecular weight is 286 g/mol. The molecule has 0 radical (unpaired) electrons. The first-order valence-electron chi connectivity index (χ1n) is 7.33. The van der Waals surface area contributed by atoms with Gasteiger partial charge in [-0.05, 0) is 50.4 Å². The molecule has 0 bridgehead atoms. The Morgan fingerprint density at radius 3 is 2.58 bits per heavy atom. The lowest BCUT2D eigenvalue weighted by Crippen LogP contribution is -2.48. The van der Waals surface area contributed by atoms with Gasteiger partial charge in [0.1, 0.15) is 0 Å². The van der Waals surface area contributed by atoms with E-state index >= 15 is 0 Å². The van der Waals surface area contributed by atoms with Crippen molar-refractivity contribution in [2.45, 2.75) is 19.3 Å². The third kappa shape index (κ3) is 4.36. The molecule has 5 heteroatoms. The summed E-state index contributed by atoms with van der Waals surface area (Å²) in [5.41, 5.74) is 0. The summed E-state index contributed by atoms with van der Waals surface area (Å²) in [7, 11) is 0. The van der Waals surface area contributed by atoms with Gasteiger partial charge in [0.2, 0.25) is 5.91 Å². The average Bonchev–Trinajstić information content (AvgIpc) is 2.91. The molecule has 0 spiro atoms. The van der Waals surface area contributed by atoms with Crippen LogP contribution in [0.5, 0.6) is 0 Å². The molecule has 0 aromatic carbocycles. The second kappa shape index (κ2) is 7.50. The number of rotatable bonds is 5. The fraction of sp³-hybridized carbons (Fsp3) is 0.929. The summed E-state index contributed by atoms with van der Waals surface area (Å²) in [6.45, 7) is 5.34. The first kappa shape index (κ1) is 15.1. The maximum absolute atomic E-state index is 12.1. The van der Waals surface area contributed by atoms with E-state index in [1.807, 2.05) is 11.2 Å². The van der Waals surface area contributed by atoms with Gasteiger partial charge in [-0.3, -0.25) is 4.79 Å². The van der Waals surface area contributed by atoms with Crippen molar-refractivity contribution in [3.8, 4) is 0 Å². The van der Waals surface area contributed by atoms with E-state index < -0.39 is 0 Å². The van der Waals surface area contributed by atoms with E-state index in [0.717, 1.165) is 26.1 Å². The Bertz CT molecular complexity index is 295. The Morgan fingerprint density at radius 2 is 1.95 bits per heavy atom. The quantitative estimate of drug-likeness (QED) is 0.815. The number of carbonyl (C=O) groups is 1. The zero-order chi connectivity index (χ0) is 13.7. The van der Waals surface area contributed by atoms with E-state index in [9.17, 15) is 9.90 Å². The SMILES string of the molecule is CSCC(=O)N1CC(CO)CC(CN2CCCC2)C1. The van der Waals surface area contributed by atoms with Crippen molar-refractivity contribution in [1.29, 1.82) is 0 Å². The van der Waals surface area contributed by atoms with Crippen LogP contribution in [0.4, 0.5) is 0 Å². The number of likely N-dealkylation sites (tertiary alicyclic amines) is 2. The summed E-state index contributed by atoms with van der Waals surface area (Å²) in [5.74, 6) is 1.60. The zero-order valence-corrected chi connectivity index (χ0v) is 12.7. The third-order valence-corrected chi connectivity index (χ3v) is 4.75. The minimum atomic E-state index is 0.208. The molecule has 0 aromatic rings. The summed E-state index contributed by atoms with van der Waals surface area (Å²) in [6.07, 6.45) is 5.65. The monoisotopic (exact) mass is 286 g/mol. The second-order valence-corrected chi connectivity index (χ2v) is 6.76. The maximum Gasteiger partial charge on any atom is 0.232 e. The van der Waals surface area contributed by atoms with E-state index in [4.69, 9.17) is 0 Å². The number of carbonyl (C=O) groups excluding carboxylic acids is 1. The number of aliphatic hydroxyl groups excluding tert-OH is 1. The van der Waals surface area contributed by atoms with Gasteiger partial charge in [0.25, 0.3) is 0 Å². The highest BCUT2D eigenvalue weighted by molar-refractivity contribution is 7.99. The molecule has 2 fully saturated rings. The Kier molecular flexibility index (Phi) is 5.98. The molecule has 4 nitrogen and oxygen atoms in total. The van der Waals surface area contributed by atoms with Gasteiger partial charge in [-0.25, -0.2) is 0 Å². The molecule has 2 aliphatic heterocycles. The fourth-order valence-corrected chi connectivity index (χ4v) is 3.76. The summed E-state index contributed by atoms with van der Waals surface area (Å²) >= 11 is 1.58. The van der Waals surface area contributed by atoms with Crippen LogP contribution >= 0.6 is 11.8 Å². The highest BCUT2D eigenvalue weighted by Gasteiger charge is 2.30. The molecular formula is C14H26N2O2S. The molecule has 2 rings (SSSR count). The molecule has 1 amide bonds. The van der Waals surface area contributed by atoms with Gasteiger partial charge in [0.15, 0.2) is 0 Å². The fourth-order valence-electron chi connectivity index (χ4n) is 3.33. The van der Waals surface area contributed by atoms with Crippen molar-refractivity contribution < 1.29 is 9.90 Å². The van der Waals surface area contributed by atoms with Crippen molar-refractivity contribution in [2.75, 3.05) is 51.3 Å². The molecule has 1 N–H and O–H groups in total. The number of aliphatic hydroxyl groups is 1. The lowest BCUT2D eigenvalue weighted by molar-refractivity contribution is -0.131. The second-order valence-electron chi connectivity index (χ2n) is 5.89. The largest absolute Gasteiger partial charge is 0.396 e. The first-order valence-corrected chi connectivity index (χ1v) is 8.72. The minimum Gasteiger partial charge on any atom is -0.396 e. The number of thioether (sulfide) groups is 1. The van der Waals surface area contributed by atoms with Crippen LogP contribution in [0, 0.1) is 11.8 Å². The molecule has 2 atom stereocenters. The topological polar surface area (TPSA) is 43.8 Å². The molecule has 19 heavy (non-hydrogen) atoms. The van der Waals surface area contributed by atoms with Gasteiger partial charge < -0.3 is 14.9 Å². The molecule has 2 unspecified atom stereocenters. The van der Waals surface area contributed by atoms with Crippen LogP contribution in [0.15, 0.2) is 0 Å². The van der Waals surface area contributed by atoms with Crippen molar-refractivity contribution in [3.05, 3.63) is 0 Å². The minimum absolute atomic E-state index is 0.208. The van der Waals surface area contributed by atoms with Gasteiger partial charge in [0.05, 0.1) is 5.75 Å². The smallest absolute Gasteiger partial charge is 0.232 e. The predicted molar refractivity (Wildman–Crippen MR) is 79.3 cm³/mol. The Labute approximate surface area is 120 Å². The molecule has 2 saturated heterocycles. The number of amides is 1. The maximum atomic E-state index is 12.1. The van der Waals surface area contributed by atoms with E-state index in [2.05, 4.69) is 4.90 Å². The Balaban J connectivity index is 1.89. The summed E-state index contributed by atoms with van der Waals surface area (Å²) in [5, 5.41) is 9.44. The van der Waals surface area contributed by atoms with Crippen LogP contribution in [0.3, 0.4) is 0 Å². The van der Waals surface area contributed by atoms with Crippen LogP contribution in [-0.4, -0.2) is 72.2 Å². The van der Waals surface area contributed by atoms with Crippen LogP contribution < -0.4 is 0 Å². The van der Waals surface area contributed by atoms with Crippen molar-refractivity contribution in [1.82, 2.24) is 9.80 Å². The van der Waals surface area contributed by atoms with E-state index in [1.54, 1.807) is 11.8 Å². The number of piperidine rings is 1. The highest BCUT2D eigenvalue weighted by Crippen LogP contribution is 2.24. The zero-order valence-electron chi connectivity index (χ0n) is 11.9. The summed E-state index contributed by atoms with van der Waals surface area (Å²) in [4.78, 5) is 16.5. The summed E-state index contributed by atoms with van der Waals surface area (Å²) < 4.78 is 0. The van der Waals surface area contributed by atoms with Gasteiger partial charge in [0, 0.05) is 26.2 Å². The highest BCUT2D eigenvalue weighted by atomic mass is 32.2. The number of hydrogen-bond acceptors (Lipinski definition) is 4. The number of nitrogens with zero attached hydrogens (tertiary/aromatic N) is 2. The van der Waals surface area contributed by atoms with Crippen molar-refractivity contribution >= 4 is 17.7 Å². The molecule has 0 aliphatic carbocycles. The molecule has 110 valence electrons. The van der Waals surface area contributed by atoms with Crippen LogP contribution in [-0.2, 0) is 4.79 Å². The van der Waals surface area contributed by atoms with Gasteiger partial charge >= 0.3 is 0 Å². The molecule has 0 aromatic heterocycles. The Morgan fingerprint density at radius 1 is 1.26 bits per heavy atom. The number of hydrogen-bond donors (Lipinski definition) is 1. The third-order valence-electron chi connectivity index (χ3n) is 4.22. The standard InChI is InChI=1S/C14H26N2O2S/c1-19-11-14(18)16-8-12(6-13(9-16)10-17)7-15-4-2-3-5-15/h12-13,17H,2-11H2,1H3. The normalized spacial score (nSPS) is 28.8. The molecular weight excluding hydrogens is 260 g/mol. The molecule has 0 saturated carbocycles. The van der Waals surface area contributed by atoms with Crippen molar-refractivity contribution in [3.63, 3.8) is 0 Å². The van der Waals surface area contributed by atoms with Crippen LogP contribution in [0.1, 0.15) is 19.3 Å².